The van der Waals surface area contributed by atoms with Gasteiger partial charge in [0.2, 0.25) is 6.54 Å². The fraction of sp³-hybridized carbons (Fsp3) is 0.867. The van der Waals surface area contributed by atoms with Crippen molar-refractivity contribution in [2.75, 3.05) is 6.54 Å². The zero-order chi connectivity index (χ0) is 16.2. The monoisotopic (exact) mass is 299 g/mol. The van der Waals surface area contributed by atoms with E-state index in [1.54, 1.807) is 0 Å². The summed E-state index contributed by atoms with van der Waals surface area (Å²) in [6.07, 6.45) is -0.227. The maximum atomic E-state index is 11.9. The summed E-state index contributed by atoms with van der Waals surface area (Å²) in [6, 6.07) is 0. The molecule has 0 spiro atoms. The van der Waals surface area contributed by atoms with Gasteiger partial charge in [-0.25, -0.2) is 6.57 Å². The molecule has 0 bridgehead atoms. The van der Waals surface area contributed by atoms with Gasteiger partial charge in [-0.3, -0.25) is 4.79 Å². The average Bonchev–Trinajstić information content (AvgIpc) is 2.11. The van der Waals surface area contributed by atoms with E-state index in [1.807, 2.05) is 20.8 Å². The van der Waals surface area contributed by atoms with Crippen molar-refractivity contribution in [1.82, 2.24) is 0 Å². The second-order valence-corrected chi connectivity index (χ2v) is 12.4. The van der Waals surface area contributed by atoms with E-state index in [2.05, 4.69) is 38.7 Å². The predicted molar refractivity (Wildman–Crippen MR) is 84.0 cm³/mol. The first-order valence-corrected chi connectivity index (χ1v) is 9.92. The molecule has 0 N–H and O–H groups in total. The van der Waals surface area contributed by atoms with Gasteiger partial charge >= 0.3 is 5.97 Å². The van der Waals surface area contributed by atoms with Crippen LogP contribution < -0.4 is 0 Å². The Morgan fingerprint density at radius 1 is 1.20 bits per heavy atom. The Bertz CT molecular complexity index is 372. The van der Waals surface area contributed by atoms with E-state index in [9.17, 15) is 4.79 Å². The van der Waals surface area contributed by atoms with Crippen molar-refractivity contribution in [2.45, 2.75) is 77.8 Å². The molecule has 0 aliphatic heterocycles. The molecule has 0 unspecified atom stereocenters. The van der Waals surface area contributed by atoms with Gasteiger partial charge in [-0.2, -0.15) is 0 Å². The summed E-state index contributed by atoms with van der Waals surface area (Å²) < 4.78 is 11.5. The van der Waals surface area contributed by atoms with E-state index in [0.717, 1.165) is 0 Å². The normalized spacial score (nSPS) is 14.6. The number of hydrogen-bond donors (Lipinski definition) is 0. The molecule has 4 nitrogen and oxygen atoms in total. The molecule has 0 amide bonds. The zero-order valence-electron chi connectivity index (χ0n) is 14.2. The third kappa shape index (κ3) is 7.06. The minimum Gasteiger partial charge on any atom is -0.460 e. The van der Waals surface area contributed by atoms with Crippen LogP contribution >= 0.6 is 0 Å². The van der Waals surface area contributed by atoms with Crippen LogP contribution in [0.3, 0.4) is 0 Å². The number of carbonyl (C=O) groups excluding carboxylic acids is 1. The molecule has 116 valence electrons. The summed E-state index contributed by atoms with van der Waals surface area (Å²) in [5, 5.41) is 0.0568. The number of rotatable bonds is 5. The van der Waals surface area contributed by atoms with Crippen molar-refractivity contribution in [1.29, 1.82) is 0 Å². The molecule has 0 saturated carbocycles. The Kier molecular flexibility index (Phi) is 6.44. The maximum Gasteiger partial charge on any atom is 0.309 e. The van der Waals surface area contributed by atoms with Crippen molar-refractivity contribution in [3.05, 3.63) is 11.4 Å². The van der Waals surface area contributed by atoms with Crippen LogP contribution in [-0.4, -0.2) is 32.5 Å². The molecule has 0 aromatic heterocycles. The predicted octanol–water partition coefficient (Wildman–Crippen LogP) is 4.03. The van der Waals surface area contributed by atoms with Crippen LogP contribution in [0.25, 0.3) is 4.85 Å². The molecule has 0 aromatic rings. The second-order valence-electron chi connectivity index (χ2n) is 7.63. The molecule has 0 rings (SSSR count). The molecule has 0 aliphatic rings. The van der Waals surface area contributed by atoms with Crippen LogP contribution in [0.4, 0.5) is 0 Å². The summed E-state index contributed by atoms with van der Waals surface area (Å²) in [7, 11) is -1.98. The lowest BCUT2D eigenvalue weighted by Gasteiger charge is -2.38. The molecule has 20 heavy (non-hydrogen) atoms. The summed E-state index contributed by atoms with van der Waals surface area (Å²) in [5.74, 6) is -0.301. The van der Waals surface area contributed by atoms with Gasteiger partial charge in [0.1, 0.15) is 11.7 Å². The summed E-state index contributed by atoms with van der Waals surface area (Å²) in [5.41, 5.74) is -0.503. The van der Waals surface area contributed by atoms with E-state index in [-0.39, 0.29) is 30.1 Å². The Labute approximate surface area is 124 Å². The van der Waals surface area contributed by atoms with Crippen molar-refractivity contribution in [2.24, 2.45) is 0 Å². The molecule has 0 saturated heterocycles. The molecule has 5 heteroatoms. The molecular weight excluding hydrogens is 270 g/mol. The zero-order valence-corrected chi connectivity index (χ0v) is 15.2. The molecule has 0 aromatic carbocycles. The highest BCUT2D eigenvalue weighted by Crippen LogP contribution is 2.37. The molecule has 1 atom stereocenters. The van der Waals surface area contributed by atoms with Crippen LogP contribution in [0.5, 0.6) is 0 Å². The molecular formula is C15H29NO3Si. The Morgan fingerprint density at radius 2 is 1.70 bits per heavy atom. The van der Waals surface area contributed by atoms with Crippen LogP contribution in [0.1, 0.15) is 48.0 Å². The first-order valence-electron chi connectivity index (χ1n) is 7.01. The van der Waals surface area contributed by atoms with Gasteiger partial charge in [0.25, 0.3) is 0 Å². The van der Waals surface area contributed by atoms with Gasteiger partial charge in [-0.05, 0) is 38.9 Å². The standard InChI is InChI=1S/C15H29NO3Si/c1-14(2,3)18-13(17)10-12(11-16-7)19-20(8,9)15(4,5)6/h12H,10-11H2,1-6,8-9H3/t12-/m0/s1. The Balaban J connectivity index is 4.76. The van der Waals surface area contributed by atoms with Crippen LogP contribution in [0, 0.1) is 6.57 Å². The van der Waals surface area contributed by atoms with Gasteiger partial charge in [0, 0.05) is 0 Å². The van der Waals surface area contributed by atoms with E-state index >= 15 is 0 Å². The van der Waals surface area contributed by atoms with Crippen LogP contribution in [0.2, 0.25) is 18.1 Å². The average molecular weight is 299 g/mol. The van der Waals surface area contributed by atoms with E-state index in [4.69, 9.17) is 15.7 Å². The molecule has 0 aliphatic carbocycles. The topological polar surface area (TPSA) is 39.9 Å². The van der Waals surface area contributed by atoms with Gasteiger partial charge in [0.05, 0.1) is 6.42 Å². The molecule has 0 fully saturated rings. The lowest BCUT2D eigenvalue weighted by atomic mass is 10.2. The first kappa shape index (κ1) is 19.1. The highest BCUT2D eigenvalue weighted by molar-refractivity contribution is 6.74. The number of carbonyl (C=O) groups is 1. The largest absolute Gasteiger partial charge is 0.460 e. The lowest BCUT2D eigenvalue weighted by Crippen LogP contribution is -2.45. The SMILES string of the molecule is [C-]#[N+]C[C@H](CC(=O)OC(C)(C)C)O[Si](C)(C)C(C)(C)C. The maximum absolute atomic E-state index is 11.9. The molecule has 0 heterocycles. The fourth-order valence-electron chi connectivity index (χ4n) is 1.41. The van der Waals surface area contributed by atoms with Gasteiger partial charge < -0.3 is 14.0 Å². The van der Waals surface area contributed by atoms with Crippen molar-refractivity contribution in [3.8, 4) is 0 Å². The Hall–Kier alpha value is -0.863. The van der Waals surface area contributed by atoms with Crippen molar-refractivity contribution < 1.29 is 14.0 Å². The van der Waals surface area contributed by atoms with E-state index < -0.39 is 13.9 Å². The third-order valence-corrected chi connectivity index (χ3v) is 7.91. The number of ether oxygens (including phenoxy) is 1. The van der Waals surface area contributed by atoms with Gasteiger partial charge in [-0.15, -0.1) is 0 Å². The summed E-state index contributed by atoms with van der Waals surface area (Å²) in [4.78, 5) is 15.3. The lowest BCUT2D eigenvalue weighted by molar-refractivity contribution is -0.156. The van der Waals surface area contributed by atoms with Crippen LogP contribution in [0.15, 0.2) is 0 Å². The minimum absolute atomic E-state index is 0.0568. The third-order valence-electron chi connectivity index (χ3n) is 3.38. The number of nitrogens with zero attached hydrogens (tertiary/aromatic N) is 1. The highest BCUT2D eigenvalue weighted by atomic mass is 28.4. The fourth-order valence-corrected chi connectivity index (χ4v) is 2.75. The van der Waals surface area contributed by atoms with E-state index in [0.29, 0.717) is 0 Å². The van der Waals surface area contributed by atoms with Gasteiger partial charge in [-0.1, -0.05) is 20.8 Å². The quantitative estimate of drug-likeness (QED) is 0.437. The number of hydrogen-bond acceptors (Lipinski definition) is 3. The van der Waals surface area contributed by atoms with Crippen LogP contribution in [-0.2, 0) is 14.0 Å². The Morgan fingerprint density at radius 3 is 2.05 bits per heavy atom. The van der Waals surface area contributed by atoms with Gasteiger partial charge in [0.15, 0.2) is 8.32 Å². The van der Waals surface area contributed by atoms with Crippen molar-refractivity contribution in [3.63, 3.8) is 0 Å². The second kappa shape index (κ2) is 6.73. The number of esters is 1. The highest BCUT2D eigenvalue weighted by Gasteiger charge is 2.40. The first-order chi connectivity index (χ1) is 8.78. The summed E-state index contributed by atoms with van der Waals surface area (Å²) in [6.45, 7) is 23.4. The van der Waals surface area contributed by atoms with E-state index in [1.165, 1.54) is 0 Å². The van der Waals surface area contributed by atoms with Crippen molar-refractivity contribution >= 4 is 14.3 Å². The summed E-state index contributed by atoms with van der Waals surface area (Å²) >= 11 is 0. The molecule has 0 radical (unpaired) electrons. The smallest absolute Gasteiger partial charge is 0.309 e. The minimum atomic E-state index is -1.98.